The zero-order valence-corrected chi connectivity index (χ0v) is 11.8. The Bertz CT molecular complexity index is 537. The van der Waals surface area contributed by atoms with E-state index in [2.05, 4.69) is 17.2 Å². The lowest BCUT2D eigenvalue weighted by atomic mass is 10.0. The van der Waals surface area contributed by atoms with Crippen LogP contribution in [0.5, 0.6) is 0 Å². The van der Waals surface area contributed by atoms with Gasteiger partial charge in [-0.25, -0.2) is 4.98 Å². The lowest BCUT2D eigenvalue weighted by Gasteiger charge is -2.16. The van der Waals surface area contributed by atoms with Gasteiger partial charge in [-0.15, -0.1) is 0 Å². The van der Waals surface area contributed by atoms with Crippen molar-refractivity contribution in [3.8, 4) is 0 Å². The van der Waals surface area contributed by atoms with Crippen molar-refractivity contribution >= 4 is 23.2 Å². The van der Waals surface area contributed by atoms with Gasteiger partial charge in [-0.05, 0) is 37.7 Å². The minimum atomic E-state index is -0.0519. The first-order chi connectivity index (χ1) is 8.65. The van der Waals surface area contributed by atoms with Gasteiger partial charge in [-0.2, -0.15) is 0 Å². The molecule has 96 valence electrons. The van der Waals surface area contributed by atoms with Crippen LogP contribution in [-0.2, 0) is 6.54 Å². The number of halogens is 2. The maximum absolute atomic E-state index is 6.23. The van der Waals surface area contributed by atoms with E-state index in [-0.39, 0.29) is 6.04 Å². The van der Waals surface area contributed by atoms with Crippen LogP contribution in [0.15, 0.2) is 30.7 Å². The molecule has 0 saturated heterocycles. The highest BCUT2D eigenvalue weighted by Crippen LogP contribution is 2.29. The largest absolute Gasteiger partial charge is 0.337 e. The SMILES string of the molecule is CCn1cnc(C(NC)c2cc(Cl)ccc2Cl)c1. The molecule has 0 amide bonds. The summed E-state index contributed by atoms with van der Waals surface area (Å²) in [5, 5.41) is 4.58. The molecule has 2 rings (SSSR count). The quantitative estimate of drug-likeness (QED) is 0.931. The van der Waals surface area contributed by atoms with Crippen LogP contribution in [0.4, 0.5) is 0 Å². The van der Waals surface area contributed by atoms with Gasteiger partial charge >= 0.3 is 0 Å². The van der Waals surface area contributed by atoms with Crippen LogP contribution in [0.3, 0.4) is 0 Å². The summed E-state index contributed by atoms with van der Waals surface area (Å²) >= 11 is 12.3. The van der Waals surface area contributed by atoms with Crippen molar-refractivity contribution in [3.05, 3.63) is 52.0 Å². The third-order valence-electron chi connectivity index (χ3n) is 2.87. The maximum atomic E-state index is 6.23. The summed E-state index contributed by atoms with van der Waals surface area (Å²) in [4.78, 5) is 4.40. The first-order valence-electron chi connectivity index (χ1n) is 5.79. The normalized spacial score (nSPS) is 12.7. The van der Waals surface area contributed by atoms with E-state index in [0.717, 1.165) is 17.8 Å². The first-order valence-corrected chi connectivity index (χ1v) is 6.55. The topological polar surface area (TPSA) is 29.9 Å². The van der Waals surface area contributed by atoms with E-state index in [4.69, 9.17) is 23.2 Å². The van der Waals surface area contributed by atoms with Crippen LogP contribution >= 0.6 is 23.2 Å². The van der Waals surface area contributed by atoms with E-state index in [1.54, 1.807) is 12.1 Å². The molecule has 0 aliphatic heterocycles. The van der Waals surface area contributed by atoms with E-state index >= 15 is 0 Å². The lowest BCUT2D eigenvalue weighted by Crippen LogP contribution is -2.18. The molecule has 18 heavy (non-hydrogen) atoms. The average Bonchev–Trinajstić information content (AvgIpc) is 2.83. The number of hydrogen-bond acceptors (Lipinski definition) is 2. The van der Waals surface area contributed by atoms with Crippen molar-refractivity contribution in [2.24, 2.45) is 0 Å². The molecule has 0 saturated carbocycles. The van der Waals surface area contributed by atoms with Crippen molar-refractivity contribution < 1.29 is 0 Å². The summed E-state index contributed by atoms with van der Waals surface area (Å²) in [5.74, 6) is 0. The predicted molar refractivity (Wildman–Crippen MR) is 75.3 cm³/mol. The van der Waals surface area contributed by atoms with Crippen molar-refractivity contribution in [3.63, 3.8) is 0 Å². The maximum Gasteiger partial charge on any atom is 0.0950 e. The van der Waals surface area contributed by atoms with Crippen LogP contribution in [0.25, 0.3) is 0 Å². The predicted octanol–water partition coefficient (Wildman–Crippen LogP) is 3.52. The van der Waals surface area contributed by atoms with Crippen molar-refractivity contribution in [2.75, 3.05) is 7.05 Å². The van der Waals surface area contributed by atoms with Gasteiger partial charge in [0.05, 0.1) is 18.1 Å². The zero-order valence-electron chi connectivity index (χ0n) is 10.3. The fraction of sp³-hybridized carbons (Fsp3) is 0.308. The van der Waals surface area contributed by atoms with Gasteiger partial charge < -0.3 is 9.88 Å². The van der Waals surface area contributed by atoms with Gasteiger partial charge in [-0.3, -0.25) is 0 Å². The molecule has 1 heterocycles. The molecule has 0 fully saturated rings. The molecule has 5 heteroatoms. The highest BCUT2D eigenvalue weighted by molar-refractivity contribution is 6.33. The molecule has 0 bridgehead atoms. The fourth-order valence-electron chi connectivity index (χ4n) is 1.90. The molecule has 0 spiro atoms. The summed E-state index contributed by atoms with van der Waals surface area (Å²) < 4.78 is 2.03. The Morgan fingerprint density at radius 3 is 2.78 bits per heavy atom. The van der Waals surface area contributed by atoms with Gasteiger partial charge in [0.25, 0.3) is 0 Å². The molecule has 1 N–H and O–H groups in total. The average molecular weight is 284 g/mol. The Hall–Kier alpha value is -1.03. The number of rotatable bonds is 4. The van der Waals surface area contributed by atoms with Crippen LogP contribution in [0, 0.1) is 0 Å². The molecule has 0 radical (unpaired) electrons. The summed E-state index contributed by atoms with van der Waals surface area (Å²) in [5.41, 5.74) is 1.87. The van der Waals surface area contributed by atoms with E-state index in [0.29, 0.717) is 10.0 Å². The molecule has 2 aromatic rings. The Morgan fingerprint density at radius 2 is 2.17 bits per heavy atom. The minimum Gasteiger partial charge on any atom is -0.337 e. The van der Waals surface area contributed by atoms with Crippen molar-refractivity contribution in [1.82, 2.24) is 14.9 Å². The van der Waals surface area contributed by atoms with Crippen molar-refractivity contribution in [2.45, 2.75) is 19.5 Å². The van der Waals surface area contributed by atoms with E-state index < -0.39 is 0 Å². The Kier molecular flexibility index (Phi) is 4.27. The van der Waals surface area contributed by atoms with Crippen LogP contribution in [0.1, 0.15) is 24.2 Å². The summed E-state index contributed by atoms with van der Waals surface area (Å²) in [7, 11) is 1.88. The van der Waals surface area contributed by atoms with Gasteiger partial charge in [0.2, 0.25) is 0 Å². The third kappa shape index (κ3) is 2.69. The molecule has 1 aromatic carbocycles. The molecule has 0 aliphatic rings. The van der Waals surface area contributed by atoms with Gasteiger partial charge in [0.1, 0.15) is 0 Å². The van der Waals surface area contributed by atoms with E-state index in [9.17, 15) is 0 Å². The zero-order chi connectivity index (χ0) is 13.1. The summed E-state index contributed by atoms with van der Waals surface area (Å²) in [6, 6.07) is 5.41. The highest BCUT2D eigenvalue weighted by Gasteiger charge is 2.17. The van der Waals surface area contributed by atoms with E-state index in [1.807, 2.05) is 30.2 Å². The molecule has 3 nitrogen and oxygen atoms in total. The molecule has 1 atom stereocenters. The number of aromatic nitrogens is 2. The first kappa shape index (κ1) is 13.4. The molecular formula is C13H15Cl2N3. The second-order valence-electron chi connectivity index (χ2n) is 4.02. The number of benzene rings is 1. The second-order valence-corrected chi connectivity index (χ2v) is 4.86. The van der Waals surface area contributed by atoms with Gasteiger partial charge in [0, 0.05) is 22.8 Å². The van der Waals surface area contributed by atoms with E-state index in [1.165, 1.54) is 0 Å². The standard InChI is InChI=1S/C13H15Cl2N3/c1-3-18-7-12(17-8-18)13(16-2)10-6-9(14)4-5-11(10)15/h4-8,13,16H,3H2,1-2H3. The number of nitrogens with one attached hydrogen (secondary N) is 1. The van der Waals surface area contributed by atoms with Crippen molar-refractivity contribution in [1.29, 1.82) is 0 Å². The minimum absolute atomic E-state index is 0.0519. The number of hydrogen-bond donors (Lipinski definition) is 1. The van der Waals surface area contributed by atoms with Gasteiger partial charge in [0.15, 0.2) is 0 Å². The lowest BCUT2D eigenvalue weighted by molar-refractivity contribution is 0.672. The monoisotopic (exact) mass is 283 g/mol. The van der Waals surface area contributed by atoms with Crippen LogP contribution in [0.2, 0.25) is 10.0 Å². The Morgan fingerprint density at radius 1 is 1.39 bits per heavy atom. The number of aryl methyl sites for hydroxylation is 1. The Labute approximate surface area is 117 Å². The van der Waals surface area contributed by atoms with Crippen LogP contribution in [-0.4, -0.2) is 16.6 Å². The van der Waals surface area contributed by atoms with Gasteiger partial charge in [-0.1, -0.05) is 23.2 Å². The molecule has 1 unspecified atom stereocenters. The fourth-order valence-corrected chi connectivity index (χ4v) is 2.31. The number of imidazole rings is 1. The third-order valence-corrected chi connectivity index (χ3v) is 3.45. The molecular weight excluding hydrogens is 269 g/mol. The van der Waals surface area contributed by atoms with Crippen LogP contribution < -0.4 is 5.32 Å². The second kappa shape index (κ2) is 5.74. The Balaban J connectivity index is 2.41. The molecule has 0 aliphatic carbocycles. The summed E-state index contributed by atoms with van der Waals surface area (Å²) in [6.07, 6.45) is 3.83. The highest BCUT2D eigenvalue weighted by atomic mass is 35.5. The summed E-state index contributed by atoms with van der Waals surface area (Å²) in [6.45, 7) is 2.97. The number of nitrogens with zero attached hydrogens (tertiary/aromatic N) is 2. The smallest absolute Gasteiger partial charge is 0.0950 e. The molecule has 1 aromatic heterocycles.